The fourth-order valence-electron chi connectivity index (χ4n) is 1.77. The van der Waals surface area contributed by atoms with Crippen LogP contribution in [-0.4, -0.2) is 25.8 Å². The fourth-order valence-corrected chi connectivity index (χ4v) is 3.50. The number of hydrogen-bond donors (Lipinski definition) is 1. The Kier molecular flexibility index (Phi) is 7.08. The van der Waals surface area contributed by atoms with Gasteiger partial charge in [0.05, 0.1) is 27.3 Å². The fraction of sp³-hybridized carbons (Fsp3) is 0.125. The molecule has 2 aromatic rings. The van der Waals surface area contributed by atoms with Crippen LogP contribution in [0.1, 0.15) is 5.56 Å². The lowest BCUT2D eigenvalue weighted by molar-refractivity contribution is -0.123. The highest BCUT2D eigenvalue weighted by Crippen LogP contribution is 2.33. The molecule has 0 aliphatic carbocycles. The molecule has 0 bridgehead atoms. The Bertz CT molecular complexity index is 746. The molecule has 0 unspecified atom stereocenters. The zero-order chi connectivity index (χ0) is 17.5. The lowest BCUT2D eigenvalue weighted by Gasteiger charge is -2.07. The van der Waals surface area contributed by atoms with Crippen LogP contribution in [0, 0.1) is 0 Å². The van der Waals surface area contributed by atoms with E-state index in [0.717, 1.165) is 14.5 Å². The number of amides is 1. The van der Waals surface area contributed by atoms with Crippen LogP contribution in [0.5, 0.6) is 11.5 Å². The van der Waals surface area contributed by atoms with Crippen LogP contribution in [0.25, 0.3) is 0 Å². The van der Waals surface area contributed by atoms with Gasteiger partial charge in [-0.05, 0) is 61.7 Å². The molecule has 0 aliphatic heterocycles. The van der Waals surface area contributed by atoms with E-state index in [1.807, 2.05) is 12.1 Å². The molecule has 0 saturated carbocycles. The number of methoxy groups -OCH3 is 1. The maximum Gasteiger partial charge on any atom is 0.277 e. The predicted molar refractivity (Wildman–Crippen MR) is 101 cm³/mol. The van der Waals surface area contributed by atoms with Crippen molar-refractivity contribution < 1.29 is 14.3 Å². The van der Waals surface area contributed by atoms with E-state index in [-0.39, 0.29) is 6.61 Å². The van der Waals surface area contributed by atoms with Crippen molar-refractivity contribution in [2.24, 2.45) is 5.10 Å². The number of rotatable bonds is 6. The molecule has 126 valence electrons. The van der Waals surface area contributed by atoms with Crippen molar-refractivity contribution in [2.75, 3.05) is 13.7 Å². The molecule has 2 aromatic carbocycles. The number of ether oxygens (including phenoxy) is 2. The number of halogens is 3. The van der Waals surface area contributed by atoms with Gasteiger partial charge in [0.2, 0.25) is 0 Å². The van der Waals surface area contributed by atoms with Gasteiger partial charge < -0.3 is 9.47 Å². The van der Waals surface area contributed by atoms with E-state index >= 15 is 0 Å². The van der Waals surface area contributed by atoms with Crippen molar-refractivity contribution in [3.05, 3.63) is 55.9 Å². The number of hydrogen-bond acceptors (Lipinski definition) is 4. The van der Waals surface area contributed by atoms with Gasteiger partial charge in [0.15, 0.2) is 6.61 Å². The Morgan fingerprint density at radius 2 is 1.96 bits per heavy atom. The number of nitrogens with zero attached hydrogens (tertiary/aromatic N) is 1. The average Bonchev–Trinajstić information content (AvgIpc) is 2.54. The lowest BCUT2D eigenvalue weighted by Crippen LogP contribution is -2.24. The highest BCUT2D eigenvalue weighted by molar-refractivity contribution is 9.11. The Morgan fingerprint density at radius 3 is 2.58 bits per heavy atom. The molecule has 1 N–H and O–H groups in total. The van der Waals surface area contributed by atoms with Gasteiger partial charge in [-0.3, -0.25) is 4.79 Å². The number of carbonyl (C=O) groups is 1. The maximum absolute atomic E-state index is 11.7. The molecule has 2 rings (SSSR count). The average molecular weight is 477 g/mol. The SMILES string of the molecule is COc1c(Br)cc(/C=N\NC(=O)COc2ccccc2Cl)cc1Br. The van der Waals surface area contributed by atoms with Crippen molar-refractivity contribution in [2.45, 2.75) is 0 Å². The Labute approximate surface area is 161 Å². The van der Waals surface area contributed by atoms with Crippen molar-refractivity contribution in [3.8, 4) is 11.5 Å². The van der Waals surface area contributed by atoms with Crippen molar-refractivity contribution in [1.29, 1.82) is 0 Å². The number of hydrazone groups is 1. The van der Waals surface area contributed by atoms with Gasteiger partial charge in [-0.15, -0.1) is 0 Å². The molecule has 1 amide bonds. The van der Waals surface area contributed by atoms with Gasteiger partial charge in [-0.1, -0.05) is 23.7 Å². The third kappa shape index (κ3) is 5.22. The number of nitrogens with one attached hydrogen (secondary N) is 1. The van der Waals surface area contributed by atoms with Crippen LogP contribution < -0.4 is 14.9 Å². The number of benzene rings is 2. The van der Waals surface area contributed by atoms with Gasteiger partial charge in [0.25, 0.3) is 5.91 Å². The van der Waals surface area contributed by atoms with Crippen LogP contribution in [0.2, 0.25) is 5.02 Å². The van der Waals surface area contributed by atoms with E-state index in [1.165, 1.54) is 6.21 Å². The quantitative estimate of drug-likeness (QED) is 0.497. The Morgan fingerprint density at radius 1 is 1.29 bits per heavy atom. The standard InChI is InChI=1S/C16H13Br2ClN2O3/c1-23-16-11(17)6-10(7-12(16)18)8-20-21-15(22)9-24-14-5-3-2-4-13(14)19/h2-8H,9H2,1H3,(H,21,22)/b20-8-. The predicted octanol–water partition coefficient (Wildman–Crippen LogP) is 4.40. The van der Waals surface area contributed by atoms with Crippen LogP contribution in [0.4, 0.5) is 0 Å². The molecule has 8 heteroatoms. The zero-order valence-electron chi connectivity index (χ0n) is 12.6. The third-order valence-electron chi connectivity index (χ3n) is 2.82. The highest BCUT2D eigenvalue weighted by atomic mass is 79.9. The van der Waals surface area contributed by atoms with E-state index in [0.29, 0.717) is 16.5 Å². The summed E-state index contributed by atoms with van der Waals surface area (Å²) in [6.45, 7) is -0.183. The molecule has 5 nitrogen and oxygen atoms in total. The second kappa shape index (κ2) is 9.05. The van der Waals surface area contributed by atoms with E-state index in [1.54, 1.807) is 31.4 Å². The Balaban J connectivity index is 1.90. The molecule has 0 saturated heterocycles. The van der Waals surface area contributed by atoms with Crippen LogP contribution in [-0.2, 0) is 4.79 Å². The summed E-state index contributed by atoms with van der Waals surface area (Å²) >= 11 is 12.7. The molecule has 24 heavy (non-hydrogen) atoms. The summed E-state index contributed by atoms with van der Waals surface area (Å²) in [5, 5.41) is 4.34. The second-order valence-electron chi connectivity index (χ2n) is 4.53. The lowest BCUT2D eigenvalue weighted by atomic mass is 10.2. The van der Waals surface area contributed by atoms with Gasteiger partial charge in [-0.2, -0.15) is 5.10 Å². The Hall–Kier alpha value is -1.57. The minimum Gasteiger partial charge on any atom is -0.494 e. The van der Waals surface area contributed by atoms with E-state index in [9.17, 15) is 4.79 Å². The van der Waals surface area contributed by atoms with Crippen LogP contribution in [0.3, 0.4) is 0 Å². The first-order chi connectivity index (χ1) is 11.5. The molecular weight excluding hydrogens is 463 g/mol. The summed E-state index contributed by atoms with van der Waals surface area (Å²) in [4.78, 5) is 11.7. The number of para-hydroxylation sites is 1. The smallest absolute Gasteiger partial charge is 0.277 e. The van der Waals surface area contributed by atoms with Gasteiger partial charge in [0.1, 0.15) is 11.5 Å². The first-order valence-corrected chi connectivity index (χ1v) is 8.70. The normalized spacial score (nSPS) is 10.7. The summed E-state index contributed by atoms with van der Waals surface area (Å²) in [5.41, 5.74) is 3.17. The zero-order valence-corrected chi connectivity index (χ0v) is 16.5. The summed E-state index contributed by atoms with van der Waals surface area (Å²) in [6.07, 6.45) is 1.52. The van der Waals surface area contributed by atoms with Gasteiger partial charge >= 0.3 is 0 Å². The molecular formula is C16H13Br2ClN2O3. The highest BCUT2D eigenvalue weighted by Gasteiger charge is 2.07. The second-order valence-corrected chi connectivity index (χ2v) is 6.65. The minimum atomic E-state index is -0.391. The molecule has 0 aliphatic rings. The van der Waals surface area contributed by atoms with Crippen LogP contribution in [0.15, 0.2) is 50.4 Å². The molecule has 0 aromatic heterocycles. The summed E-state index contributed by atoms with van der Waals surface area (Å²) in [7, 11) is 1.58. The third-order valence-corrected chi connectivity index (χ3v) is 4.31. The first-order valence-electron chi connectivity index (χ1n) is 6.73. The largest absolute Gasteiger partial charge is 0.494 e. The number of carbonyl (C=O) groups excluding carboxylic acids is 1. The summed E-state index contributed by atoms with van der Waals surface area (Å²) in [5.74, 6) is 0.739. The van der Waals surface area contributed by atoms with E-state index in [2.05, 4.69) is 42.4 Å². The van der Waals surface area contributed by atoms with Crippen molar-refractivity contribution in [3.63, 3.8) is 0 Å². The molecule has 0 spiro atoms. The van der Waals surface area contributed by atoms with Gasteiger partial charge in [0, 0.05) is 0 Å². The summed E-state index contributed by atoms with van der Waals surface area (Å²) in [6, 6.07) is 10.6. The van der Waals surface area contributed by atoms with Crippen LogP contribution >= 0.6 is 43.5 Å². The molecule has 0 radical (unpaired) electrons. The molecule has 0 atom stereocenters. The summed E-state index contributed by atoms with van der Waals surface area (Å²) < 4.78 is 12.1. The van der Waals surface area contributed by atoms with Gasteiger partial charge in [-0.25, -0.2) is 5.43 Å². The van der Waals surface area contributed by atoms with Crippen molar-refractivity contribution >= 4 is 55.6 Å². The van der Waals surface area contributed by atoms with E-state index in [4.69, 9.17) is 21.1 Å². The van der Waals surface area contributed by atoms with E-state index < -0.39 is 5.91 Å². The monoisotopic (exact) mass is 474 g/mol. The van der Waals surface area contributed by atoms with Crippen molar-refractivity contribution in [1.82, 2.24) is 5.43 Å². The molecule has 0 fully saturated rings. The maximum atomic E-state index is 11.7. The first kappa shape index (κ1) is 18.8. The topological polar surface area (TPSA) is 59.9 Å². The minimum absolute atomic E-state index is 0.183. The molecule has 0 heterocycles.